The molecule has 30 heavy (non-hydrogen) atoms. The molecular formula is C24H28N4O2. The van der Waals surface area contributed by atoms with Crippen molar-refractivity contribution in [3.63, 3.8) is 0 Å². The Morgan fingerprint density at radius 3 is 2.67 bits per heavy atom. The number of carbonyl (C=O) groups is 2. The van der Waals surface area contributed by atoms with Crippen molar-refractivity contribution in [1.29, 1.82) is 0 Å². The summed E-state index contributed by atoms with van der Waals surface area (Å²) in [7, 11) is 1.95. The van der Waals surface area contributed by atoms with Gasteiger partial charge in [0, 0.05) is 25.7 Å². The maximum Gasteiger partial charge on any atom is 0.227 e. The second kappa shape index (κ2) is 8.69. The van der Waals surface area contributed by atoms with Crippen LogP contribution in [0.3, 0.4) is 0 Å². The SMILES string of the molecule is CCCCc1ccc(N2CC(C(=O)NCc3nc4ccccc4n3C)CC2=O)cc1. The first-order valence-electron chi connectivity index (χ1n) is 10.6. The van der Waals surface area contributed by atoms with Gasteiger partial charge in [-0.3, -0.25) is 9.59 Å². The van der Waals surface area contributed by atoms with Crippen molar-refractivity contribution in [3.8, 4) is 0 Å². The molecule has 1 N–H and O–H groups in total. The number of anilines is 1. The first-order chi connectivity index (χ1) is 14.6. The van der Waals surface area contributed by atoms with E-state index < -0.39 is 0 Å². The molecule has 2 heterocycles. The van der Waals surface area contributed by atoms with Crippen LogP contribution in [0, 0.1) is 5.92 Å². The predicted molar refractivity (Wildman–Crippen MR) is 118 cm³/mol. The molecule has 1 aromatic heterocycles. The Bertz CT molecular complexity index is 1050. The first kappa shape index (κ1) is 20.1. The molecule has 2 amide bonds. The number of aryl methyl sites for hydroxylation is 2. The molecule has 0 radical (unpaired) electrons. The summed E-state index contributed by atoms with van der Waals surface area (Å²) in [6.45, 7) is 2.95. The van der Waals surface area contributed by atoms with E-state index in [1.807, 2.05) is 48.0 Å². The van der Waals surface area contributed by atoms with Crippen molar-refractivity contribution in [1.82, 2.24) is 14.9 Å². The predicted octanol–water partition coefficient (Wildman–Crippen LogP) is 3.59. The largest absolute Gasteiger partial charge is 0.349 e. The number of nitrogens with one attached hydrogen (secondary N) is 1. The smallest absolute Gasteiger partial charge is 0.227 e. The molecule has 1 aliphatic heterocycles. The third-order valence-corrected chi connectivity index (χ3v) is 5.86. The van der Waals surface area contributed by atoms with Gasteiger partial charge in [-0.25, -0.2) is 4.98 Å². The van der Waals surface area contributed by atoms with Crippen molar-refractivity contribution in [2.45, 2.75) is 39.2 Å². The lowest BCUT2D eigenvalue weighted by Crippen LogP contribution is -2.33. The average molecular weight is 405 g/mol. The summed E-state index contributed by atoms with van der Waals surface area (Å²) >= 11 is 0. The summed E-state index contributed by atoms with van der Waals surface area (Å²) in [5.41, 5.74) is 4.09. The number of nitrogens with zero attached hydrogens (tertiary/aromatic N) is 3. The fourth-order valence-corrected chi connectivity index (χ4v) is 4.02. The maximum atomic E-state index is 12.7. The van der Waals surface area contributed by atoms with Crippen LogP contribution in [0.4, 0.5) is 5.69 Å². The zero-order chi connectivity index (χ0) is 21.1. The average Bonchev–Trinajstić information content (AvgIpc) is 3.31. The number of aromatic nitrogens is 2. The highest BCUT2D eigenvalue weighted by molar-refractivity contribution is 6.00. The van der Waals surface area contributed by atoms with Crippen LogP contribution >= 0.6 is 0 Å². The van der Waals surface area contributed by atoms with Gasteiger partial charge in [-0.1, -0.05) is 37.6 Å². The maximum absolute atomic E-state index is 12.7. The fourth-order valence-electron chi connectivity index (χ4n) is 4.02. The van der Waals surface area contributed by atoms with Gasteiger partial charge in [0.25, 0.3) is 0 Å². The van der Waals surface area contributed by atoms with Crippen molar-refractivity contribution in [2.24, 2.45) is 13.0 Å². The summed E-state index contributed by atoms with van der Waals surface area (Å²) in [5.74, 6) is 0.358. The van der Waals surface area contributed by atoms with Gasteiger partial charge in [0.15, 0.2) is 0 Å². The molecule has 0 saturated carbocycles. The van der Waals surface area contributed by atoms with E-state index in [1.165, 1.54) is 5.56 Å². The number of para-hydroxylation sites is 2. The summed E-state index contributed by atoms with van der Waals surface area (Å²) in [5, 5.41) is 2.97. The molecule has 0 bridgehead atoms. The number of rotatable bonds is 7. The van der Waals surface area contributed by atoms with Crippen LogP contribution in [0.1, 0.15) is 37.6 Å². The lowest BCUT2D eigenvalue weighted by Gasteiger charge is -2.17. The Kier molecular flexibility index (Phi) is 5.84. The van der Waals surface area contributed by atoms with E-state index >= 15 is 0 Å². The first-order valence-corrected chi connectivity index (χ1v) is 10.6. The molecule has 3 aromatic rings. The van der Waals surface area contributed by atoms with Gasteiger partial charge in [0.2, 0.25) is 11.8 Å². The third kappa shape index (κ3) is 4.08. The number of amides is 2. The number of fused-ring (bicyclic) bond motifs is 1. The van der Waals surface area contributed by atoms with E-state index in [0.717, 1.165) is 41.8 Å². The van der Waals surface area contributed by atoms with Crippen LogP contribution in [0.5, 0.6) is 0 Å². The molecule has 1 atom stereocenters. The van der Waals surface area contributed by atoms with E-state index in [9.17, 15) is 9.59 Å². The van der Waals surface area contributed by atoms with E-state index in [-0.39, 0.29) is 24.2 Å². The molecule has 1 unspecified atom stereocenters. The van der Waals surface area contributed by atoms with Crippen molar-refractivity contribution in [3.05, 3.63) is 59.9 Å². The molecule has 2 aromatic carbocycles. The van der Waals surface area contributed by atoms with Crippen LogP contribution in [-0.4, -0.2) is 27.9 Å². The van der Waals surface area contributed by atoms with Crippen LogP contribution in [0.15, 0.2) is 48.5 Å². The highest BCUT2D eigenvalue weighted by Crippen LogP contribution is 2.26. The minimum absolute atomic E-state index is 0.000752. The minimum atomic E-state index is -0.341. The number of hydrogen-bond donors (Lipinski definition) is 1. The van der Waals surface area contributed by atoms with E-state index in [4.69, 9.17) is 0 Å². The second-order valence-corrected chi connectivity index (χ2v) is 7.97. The van der Waals surface area contributed by atoms with Gasteiger partial charge >= 0.3 is 0 Å². The van der Waals surface area contributed by atoms with Crippen molar-refractivity contribution >= 4 is 28.5 Å². The molecule has 1 saturated heterocycles. The van der Waals surface area contributed by atoms with Crippen LogP contribution in [0.25, 0.3) is 11.0 Å². The van der Waals surface area contributed by atoms with Crippen LogP contribution < -0.4 is 10.2 Å². The zero-order valence-corrected chi connectivity index (χ0v) is 17.6. The summed E-state index contributed by atoms with van der Waals surface area (Å²) in [4.78, 5) is 31.5. The Hall–Kier alpha value is -3.15. The molecule has 156 valence electrons. The Labute approximate surface area is 176 Å². The molecule has 0 aliphatic carbocycles. The third-order valence-electron chi connectivity index (χ3n) is 5.86. The summed E-state index contributed by atoms with van der Waals surface area (Å²) in [6.07, 6.45) is 3.62. The normalized spacial score (nSPS) is 16.4. The Morgan fingerprint density at radius 1 is 1.17 bits per heavy atom. The van der Waals surface area contributed by atoms with E-state index in [2.05, 4.69) is 29.4 Å². The Morgan fingerprint density at radius 2 is 1.93 bits per heavy atom. The fraction of sp³-hybridized carbons (Fsp3) is 0.375. The van der Waals surface area contributed by atoms with Crippen molar-refractivity contribution < 1.29 is 9.59 Å². The number of hydrogen-bond acceptors (Lipinski definition) is 3. The lowest BCUT2D eigenvalue weighted by molar-refractivity contribution is -0.126. The standard InChI is InChI=1S/C24H28N4O2/c1-3-4-7-17-10-12-19(13-11-17)28-16-18(14-23(28)29)24(30)25-15-22-26-20-8-5-6-9-21(20)27(22)2/h5-6,8-13,18H,3-4,7,14-16H2,1-2H3,(H,25,30). The zero-order valence-electron chi connectivity index (χ0n) is 17.6. The summed E-state index contributed by atoms with van der Waals surface area (Å²) in [6, 6.07) is 16.0. The Balaban J connectivity index is 1.37. The van der Waals surface area contributed by atoms with Gasteiger partial charge in [-0.05, 0) is 42.7 Å². The number of unbranched alkanes of at least 4 members (excludes halogenated alkanes) is 1. The van der Waals surface area contributed by atoms with Crippen LogP contribution in [-0.2, 0) is 29.6 Å². The van der Waals surface area contributed by atoms with Gasteiger partial charge in [0.05, 0.1) is 23.5 Å². The highest BCUT2D eigenvalue weighted by Gasteiger charge is 2.35. The van der Waals surface area contributed by atoms with E-state index in [1.54, 1.807) is 4.90 Å². The molecule has 1 aliphatic rings. The molecular weight excluding hydrogens is 376 g/mol. The second-order valence-electron chi connectivity index (χ2n) is 7.97. The van der Waals surface area contributed by atoms with Gasteiger partial charge < -0.3 is 14.8 Å². The van der Waals surface area contributed by atoms with Crippen LogP contribution in [0.2, 0.25) is 0 Å². The molecule has 0 spiro atoms. The number of benzene rings is 2. The number of imidazole rings is 1. The molecule has 6 heteroatoms. The van der Waals surface area contributed by atoms with Gasteiger partial charge in [-0.15, -0.1) is 0 Å². The molecule has 4 rings (SSSR count). The van der Waals surface area contributed by atoms with Gasteiger partial charge in [-0.2, -0.15) is 0 Å². The summed E-state index contributed by atoms with van der Waals surface area (Å²) < 4.78 is 1.99. The quantitative estimate of drug-likeness (QED) is 0.654. The highest BCUT2D eigenvalue weighted by atomic mass is 16.2. The van der Waals surface area contributed by atoms with E-state index in [0.29, 0.717) is 13.1 Å². The lowest BCUT2D eigenvalue weighted by atomic mass is 10.1. The molecule has 1 fully saturated rings. The minimum Gasteiger partial charge on any atom is -0.349 e. The number of carbonyl (C=O) groups excluding carboxylic acids is 2. The monoisotopic (exact) mass is 404 g/mol. The van der Waals surface area contributed by atoms with Crippen molar-refractivity contribution in [2.75, 3.05) is 11.4 Å². The topological polar surface area (TPSA) is 67.2 Å². The molecule has 6 nitrogen and oxygen atoms in total. The van der Waals surface area contributed by atoms with Gasteiger partial charge in [0.1, 0.15) is 5.82 Å².